The van der Waals surface area contributed by atoms with Crippen molar-refractivity contribution in [1.29, 1.82) is 0 Å². The number of nitrogens with zero attached hydrogens (tertiary/aromatic N) is 2. The van der Waals surface area contributed by atoms with E-state index in [1.54, 1.807) is 0 Å². The van der Waals surface area contributed by atoms with Gasteiger partial charge in [0.25, 0.3) is 0 Å². The number of aliphatic hydroxyl groups is 1. The van der Waals surface area contributed by atoms with Crippen LogP contribution in [-0.2, 0) is 9.53 Å². The summed E-state index contributed by atoms with van der Waals surface area (Å²) in [4.78, 5) is 17.1. The summed E-state index contributed by atoms with van der Waals surface area (Å²) in [5.74, 6) is -0.0298. The highest BCUT2D eigenvalue weighted by molar-refractivity contribution is 5.69. The first-order valence-corrected chi connectivity index (χ1v) is 13.8. The predicted molar refractivity (Wildman–Crippen MR) is 133 cm³/mol. The molecule has 0 aromatic heterocycles. The Morgan fingerprint density at radius 3 is 2.44 bits per heavy atom. The molecule has 1 aliphatic heterocycles. The average Bonchev–Trinajstić information content (AvgIpc) is 2.78. The lowest BCUT2D eigenvalue weighted by Crippen LogP contribution is -2.52. The predicted octanol–water partition coefficient (Wildman–Crippen LogP) is 5.54. The number of hydrogen-bond acceptors (Lipinski definition) is 5. The minimum atomic E-state index is -0.527. The lowest BCUT2D eigenvalue weighted by Gasteiger charge is -2.43. The molecule has 5 heteroatoms. The summed E-state index contributed by atoms with van der Waals surface area (Å²) in [6, 6.07) is 0.631. The van der Waals surface area contributed by atoms with Gasteiger partial charge in [-0.25, -0.2) is 0 Å². The van der Waals surface area contributed by atoms with Crippen molar-refractivity contribution in [1.82, 2.24) is 9.80 Å². The van der Waals surface area contributed by atoms with Crippen molar-refractivity contribution in [3.63, 3.8) is 0 Å². The van der Waals surface area contributed by atoms with Crippen LogP contribution in [0.15, 0.2) is 0 Å². The number of esters is 1. The lowest BCUT2D eigenvalue weighted by molar-refractivity contribution is -0.148. The van der Waals surface area contributed by atoms with Gasteiger partial charge in [0.15, 0.2) is 0 Å². The Morgan fingerprint density at radius 1 is 1.06 bits per heavy atom. The molecule has 2 fully saturated rings. The van der Waals surface area contributed by atoms with Crippen LogP contribution in [0.4, 0.5) is 0 Å². The highest BCUT2D eigenvalue weighted by Gasteiger charge is 2.35. The summed E-state index contributed by atoms with van der Waals surface area (Å²) in [5.41, 5.74) is -0.527. The molecule has 0 bridgehead atoms. The molecule has 1 aliphatic carbocycles. The maximum absolute atomic E-state index is 12.1. The molecule has 0 radical (unpaired) electrons. The summed E-state index contributed by atoms with van der Waals surface area (Å²) < 4.78 is 5.59. The minimum absolute atomic E-state index is 0.0298. The van der Waals surface area contributed by atoms with Crippen LogP contribution in [0.2, 0.25) is 0 Å². The molecule has 1 saturated carbocycles. The first-order valence-electron chi connectivity index (χ1n) is 13.8. The van der Waals surface area contributed by atoms with Gasteiger partial charge in [-0.2, -0.15) is 0 Å². The summed E-state index contributed by atoms with van der Waals surface area (Å²) in [6.07, 6.45) is 17.9. The van der Waals surface area contributed by atoms with E-state index in [-0.39, 0.29) is 12.1 Å². The lowest BCUT2D eigenvalue weighted by atomic mass is 9.88. The fourth-order valence-electron chi connectivity index (χ4n) is 5.37. The molecule has 5 nitrogen and oxygen atoms in total. The Bertz CT molecular complexity index is 499. The Hall–Kier alpha value is -0.650. The number of unbranched alkanes of at least 4 members (excludes halogenated alkanes) is 5. The molecule has 2 aliphatic rings. The number of hydrogen-bond donors (Lipinski definition) is 1. The topological polar surface area (TPSA) is 53.0 Å². The number of likely N-dealkylation sites (tertiary alicyclic amines) is 1. The van der Waals surface area contributed by atoms with Gasteiger partial charge in [0.1, 0.15) is 0 Å². The normalized spacial score (nSPS) is 21.0. The quantitative estimate of drug-likeness (QED) is 0.261. The van der Waals surface area contributed by atoms with Gasteiger partial charge in [0.05, 0.1) is 11.7 Å². The molecular weight excluding hydrogens is 400 g/mol. The molecule has 2 rings (SSSR count). The second kappa shape index (κ2) is 15.3. The van der Waals surface area contributed by atoms with Gasteiger partial charge >= 0.3 is 5.97 Å². The molecule has 1 unspecified atom stereocenters. The maximum atomic E-state index is 12.1. The Morgan fingerprint density at radius 2 is 1.75 bits per heavy atom. The monoisotopic (exact) mass is 452 g/mol. The number of rotatable bonds is 15. The molecule has 188 valence electrons. The van der Waals surface area contributed by atoms with Crippen LogP contribution in [0.3, 0.4) is 0 Å². The zero-order valence-corrected chi connectivity index (χ0v) is 21.5. The van der Waals surface area contributed by atoms with E-state index in [2.05, 4.69) is 23.8 Å². The van der Waals surface area contributed by atoms with Crippen LogP contribution < -0.4 is 0 Å². The number of ether oxygens (including phenoxy) is 1. The van der Waals surface area contributed by atoms with Gasteiger partial charge in [-0.3, -0.25) is 9.69 Å². The maximum Gasteiger partial charge on any atom is 0.306 e. The van der Waals surface area contributed by atoms with Crippen molar-refractivity contribution < 1.29 is 14.6 Å². The van der Waals surface area contributed by atoms with Gasteiger partial charge in [-0.05, 0) is 71.9 Å². The van der Waals surface area contributed by atoms with E-state index in [9.17, 15) is 9.90 Å². The van der Waals surface area contributed by atoms with Crippen molar-refractivity contribution >= 4 is 5.97 Å². The highest BCUT2D eigenvalue weighted by Crippen LogP contribution is 2.28. The summed E-state index contributed by atoms with van der Waals surface area (Å²) in [6.45, 7) is 8.10. The van der Waals surface area contributed by atoms with E-state index < -0.39 is 5.60 Å². The largest absolute Gasteiger partial charge is 0.463 e. The second-order valence-corrected chi connectivity index (χ2v) is 10.8. The zero-order valence-electron chi connectivity index (χ0n) is 21.5. The van der Waals surface area contributed by atoms with Crippen LogP contribution in [0, 0.1) is 0 Å². The van der Waals surface area contributed by atoms with E-state index in [0.29, 0.717) is 12.5 Å². The zero-order chi connectivity index (χ0) is 23.2. The summed E-state index contributed by atoms with van der Waals surface area (Å²) in [7, 11) is 2.15. The Balaban J connectivity index is 1.67. The van der Waals surface area contributed by atoms with Gasteiger partial charge < -0.3 is 14.7 Å². The van der Waals surface area contributed by atoms with Crippen molar-refractivity contribution in [2.24, 2.45) is 0 Å². The molecule has 0 spiro atoms. The van der Waals surface area contributed by atoms with E-state index in [4.69, 9.17) is 4.74 Å². The van der Waals surface area contributed by atoms with Gasteiger partial charge in [0.2, 0.25) is 0 Å². The Labute approximate surface area is 198 Å². The fraction of sp³-hybridized carbons (Fsp3) is 0.963. The van der Waals surface area contributed by atoms with Crippen LogP contribution in [-0.4, -0.2) is 71.8 Å². The van der Waals surface area contributed by atoms with Crippen LogP contribution in [0.5, 0.6) is 0 Å². The van der Waals surface area contributed by atoms with Gasteiger partial charge in [-0.15, -0.1) is 0 Å². The molecule has 0 aromatic rings. The third kappa shape index (κ3) is 11.0. The third-order valence-corrected chi connectivity index (χ3v) is 7.63. The minimum Gasteiger partial charge on any atom is -0.463 e. The van der Waals surface area contributed by atoms with Crippen molar-refractivity contribution in [3.8, 4) is 0 Å². The number of carbonyl (C=O) groups is 1. The molecule has 32 heavy (non-hydrogen) atoms. The van der Waals surface area contributed by atoms with Gasteiger partial charge in [0, 0.05) is 32.1 Å². The van der Waals surface area contributed by atoms with Crippen LogP contribution in [0.25, 0.3) is 0 Å². The molecule has 1 heterocycles. The van der Waals surface area contributed by atoms with Crippen molar-refractivity contribution in [2.75, 3.05) is 33.2 Å². The number of piperidine rings is 1. The molecule has 1 saturated heterocycles. The summed E-state index contributed by atoms with van der Waals surface area (Å²) in [5, 5.41) is 11.2. The third-order valence-electron chi connectivity index (χ3n) is 7.63. The second-order valence-electron chi connectivity index (χ2n) is 10.8. The molecule has 0 amide bonds. The molecule has 1 N–H and O–H groups in total. The van der Waals surface area contributed by atoms with Crippen LogP contribution >= 0.6 is 0 Å². The summed E-state index contributed by atoms with van der Waals surface area (Å²) >= 11 is 0. The van der Waals surface area contributed by atoms with Crippen molar-refractivity contribution in [2.45, 2.75) is 134 Å². The smallest absolute Gasteiger partial charge is 0.306 e. The SMILES string of the molecule is CCCCCCC(C)OC(=O)CCCCCN(CC1(O)CCN(C)CC1)C1CCCCC1. The van der Waals surface area contributed by atoms with E-state index in [1.165, 1.54) is 51.4 Å². The van der Waals surface area contributed by atoms with Gasteiger partial charge in [-0.1, -0.05) is 51.9 Å². The number of carbonyl (C=O) groups excluding carboxylic acids is 1. The van der Waals surface area contributed by atoms with E-state index >= 15 is 0 Å². The highest BCUT2D eigenvalue weighted by atomic mass is 16.5. The van der Waals surface area contributed by atoms with E-state index in [0.717, 1.165) is 71.1 Å². The first kappa shape index (κ1) is 27.6. The standard InChI is InChI=1S/C27H52N2O3/c1-4-5-6-9-14-24(2)32-26(30)17-12-8-13-20-29(25-15-10-7-11-16-25)23-27(31)18-21-28(3)22-19-27/h24-25,31H,4-23H2,1-3H3. The molecular formula is C27H52N2O3. The molecule has 1 atom stereocenters. The van der Waals surface area contributed by atoms with Crippen molar-refractivity contribution in [3.05, 3.63) is 0 Å². The van der Waals surface area contributed by atoms with Crippen LogP contribution in [0.1, 0.15) is 117 Å². The Kier molecular flexibility index (Phi) is 13.2. The average molecular weight is 453 g/mol. The van der Waals surface area contributed by atoms with E-state index in [1.807, 2.05) is 6.92 Å². The first-order chi connectivity index (χ1) is 15.4. The molecule has 0 aromatic carbocycles. The fourth-order valence-corrected chi connectivity index (χ4v) is 5.37.